The Hall–Kier alpha value is -0.280. The van der Waals surface area contributed by atoms with E-state index in [0.29, 0.717) is 12.8 Å². The van der Waals surface area contributed by atoms with Gasteiger partial charge in [-0.2, -0.15) is 0 Å². The first-order valence-corrected chi connectivity index (χ1v) is 5.55. The van der Waals surface area contributed by atoms with E-state index < -0.39 is 4.87 Å². The quantitative estimate of drug-likeness (QED) is 0.557. The molecule has 1 rings (SSSR count). The van der Waals surface area contributed by atoms with Gasteiger partial charge in [-0.3, -0.25) is 4.79 Å². The van der Waals surface area contributed by atoms with Gasteiger partial charge in [-0.25, -0.2) is 0 Å². The lowest BCUT2D eigenvalue weighted by atomic mass is 9.75. The SMILES string of the molecule is COC(=O)C1(Cl)CC(C)(C)NC(C)(C)C1. The Morgan fingerprint density at radius 2 is 1.60 bits per heavy atom. The van der Waals surface area contributed by atoms with E-state index in [4.69, 9.17) is 16.3 Å². The molecule has 1 saturated heterocycles. The van der Waals surface area contributed by atoms with Gasteiger partial charge in [-0.1, -0.05) is 0 Å². The molecule has 0 aromatic rings. The van der Waals surface area contributed by atoms with Gasteiger partial charge in [0.05, 0.1) is 7.11 Å². The summed E-state index contributed by atoms with van der Waals surface area (Å²) >= 11 is 6.38. The third-order valence-electron chi connectivity index (χ3n) is 2.67. The van der Waals surface area contributed by atoms with Crippen LogP contribution >= 0.6 is 11.6 Å². The Balaban J connectivity index is 2.97. The third kappa shape index (κ3) is 2.85. The van der Waals surface area contributed by atoms with Crippen molar-refractivity contribution in [1.82, 2.24) is 5.32 Å². The summed E-state index contributed by atoms with van der Waals surface area (Å²) in [5.74, 6) is -0.327. The lowest BCUT2D eigenvalue weighted by molar-refractivity contribution is -0.146. The highest BCUT2D eigenvalue weighted by atomic mass is 35.5. The summed E-state index contributed by atoms with van der Waals surface area (Å²) in [4.78, 5) is 10.8. The van der Waals surface area contributed by atoms with E-state index in [0.717, 1.165) is 0 Å². The first-order chi connectivity index (χ1) is 6.60. The number of hydrogen-bond donors (Lipinski definition) is 1. The molecule has 1 fully saturated rings. The maximum absolute atomic E-state index is 11.7. The lowest BCUT2D eigenvalue weighted by Gasteiger charge is -2.48. The third-order valence-corrected chi connectivity index (χ3v) is 3.09. The summed E-state index contributed by atoms with van der Waals surface area (Å²) in [5.41, 5.74) is -0.310. The molecule has 1 aliphatic heterocycles. The smallest absolute Gasteiger partial charge is 0.327 e. The fourth-order valence-electron chi connectivity index (χ4n) is 2.80. The first-order valence-electron chi connectivity index (χ1n) is 5.17. The molecule has 0 saturated carbocycles. The van der Waals surface area contributed by atoms with Crippen LogP contribution in [0.1, 0.15) is 40.5 Å². The fourth-order valence-corrected chi connectivity index (χ4v) is 3.54. The molecule has 0 aromatic heterocycles. The van der Waals surface area contributed by atoms with E-state index in [1.165, 1.54) is 7.11 Å². The summed E-state index contributed by atoms with van der Waals surface area (Å²) in [6, 6.07) is 0. The van der Waals surface area contributed by atoms with Crippen LogP contribution in [0.2, 0.25) is 0 Å². The molecule has 0 aliphatic carbocycles. The molecule has 3 nitrogen and oxygen atoms in total. The molecule has 0 bridgehead atoms. The van der Waals surface area contributed by atoms with Crippen molar-refractivity contribution in [3.8, 4) is 0 Å². The second-order valence-corrected chi connectivity index (χ2v) is 6.43. The Kier molecular flexibility index (Phi) is 3.10. The van der Waals surface area contributed by atoms with Crippen LogP contribution in [0.5, 0.6) is 0 Å². The Labute approximate surface area is 96.5 Å². The normalized spacial score (nSPS) is 27.1. The van der Waals surface area contributed by atoms with E-state index in [1.807, 2.05) is 27.7 Å². The van der Waals surface area contributed by atoms with Crippen LogP contribution in [0.3, 0.4) is 0 Å². The number of halogens is 1. The van der Waals surface area contributed by atoms with Crippen LogP contribution in [0.25, 0.3) is 0 Å². The van der Waals surface area contributed by atoms with Crippen LogP contribution in [-0.2, 0) is 9.53 Å². The maximum Gasteiger partial charge on any atom is 0.327 e. The zero-order valence-electron chi connectivity index (χ0n) is 10.1. The minimum Gasteiger partial charge on any atom is -0.468 e. The second-order valence-electron chi connectivity index (χ2n) is 5.70. The fraction of sp³-hybridized carbons (Fsp3) is 0.909. The second kappa shape index (κ2) is 3.63. The van der Waals surface area contributed by atoms with Crippen LogP contribution < -0.4 is 5.32 Å². The maximum atomic E-state index is 11.7. The number of carbonyl (C=O) groups is 1. The van der Waals surface area contributed by atoms with Gasteiger partial charge in [0.2, 0.25) is 0 Å². The number of ether oxygens (including phenoxy) is 1. The number of methoxy groups -OCH3 is 1. The molecule has 0 amide bonds. The number of carbonyl (C=O) groups excluding carboxylic acids is 1. The van der Waals surface area contributed by atoms with Crippen LogP contribution in [0.15, 0.2) is 0 Å². The van der Waals surface area contributed by atoms with Gasteiger partial charge < -0.3 is 10.1 Å². The standard InChI is InChI=1S/C11H20ClNO2/c1-9(2)6-11(12,8(14)15-5)7-10(3,4)13-9/h13H,6-7H2,1-5H3. The van der Waals surface area contributed by atoms with Crippen molar-refractivity contribution >= 4 is 17.6 Å². The topological polar surface area (TPSA) is 38.3 Å². The Morgan fingerprint density at radius 1 is 1.20 bits per heavy atom. The predicted molar refractivity (Wildman–Crippen MR) is 61.1 cm³/mol. The van der Waals surface area contributed by atoms with Gasteiger partial charge in [0, 0.05) is 11.1 Å². The van der Waals surface area contributed by atoms with Crippen molar-refractivity contribution in [2.45, 2.75) is 56.5 Å². The van der Waals surface area contributed by atoms with E-state index in [1.54, 1.807) is 0 Å². The van der Waals surface area contributed by atoms with Crippen molar-refractivity contribution in [2.24, 2.45) is 0 Å². The van der Waals surface area contributed by atoms with Gasteiger partial charge in [-0.15, -0.1) is 11.6 Å². The van der Waals surface area contributed by atoms with Crippen molar-refractivity contribution in [1.29, 1.82) is 0 Å². The number of rotatable bonds is 1. The summed E-state index contributed by atoms with van der Waals surface area (Å²) < 4.78 is 4.78. The van der Waals surface area contributed by atoms with Crippen LogP contribution in [0.4, 0.5) is 0 Å². The number of nitrogens with one attached hydrogen (secondary N) is 1. The molecule has 0 aromatic carbocycles. The molecule has 15 heavy (non-hydrogen) atoms. The van der Waals surface area contributed by atoms with Gasteiger partial charge in [-0.05, 0) is 40.5 Å². The first kappa shape index (κ1) is 12.8. The molecule has 0 radical (unpaired) electrons. The van der Waals surface area contributed by atoms with Crippen molar-refractivity contribution in [2.75, 3.05) is 7.11 Å². The minimum atomic E-state index is -0.896. The monoisotopic (exact) mass is 233 g/mol. The van der Waals surface area contributed by atoms with E-state index in [-0.39, 0.29) is 17.0 Å². The van der Waals surface area contributed by atoms with E-state index >= 15 is 0 Å². The summed E-state index contributed by atoms with van der Waals surface area (Å²) in [6.07, 6.45) is 1.16. The lowest BCUT2D eigenvalue weighted by Crippen LogP contribution is -2.63. The highest BCUT2D eigenvalue weighted by molar-refractivity contribution is 6.34. The van der Waals surface area contributed by atoms with Crippen LogP contribution in [0, 0.1) is 0 Å². The predicted octanol–water partition coefficient (Wildman–Crippen LogP) is 2.08. The van der Waals surface area contributed by atoms with Gasteiger partial charge >= 0.3 is 5.97 Å². The number of piperidine rings is 1. The molecule has 0 spiro atoms. The molecule has 0 atom stereocenters. The van der Waals surface area contributed by atoms with Gasteiger partial charge in [0.25, 0.3) is 0 Å². The molecule has 0 unspecified atom stereocenters. The highest BCUT2D eigenvalue weighted by Gasteiger charge is 2.51. The summed E-state index contributed by atoms with van der Waals surface area (Å²) in [5, 5.41) is 3.47. The number of esters is 1. The molecule has 1 N–H and O–H groups in total. The summed E-state index contributed by atoms with van der Waals surface area (Å²) in [7, 11) is 1.38. The van der Waals surface area contributed by atoms with E-state index in [9.17, 15) is 4.79 Å². The van der Waals surface area contributed by atoms with Crippen molar-refractivity contribution in [3.63, 3.8) is 0 Å². The number of hydrogen-bond acceptors (Lipinski definition) is 3. The average Bonchev–Trinajstić information content (AvgIpc) is 1.95. The van der Waals surface area contributed by atoms with Crippen LogP contribution in [-0.4, -0.2) is 29.0 Å². The average molecular weight is 234 g/mol. The molecule has 1 aliphatic rings. The zero-order chi connectivity index (χ0) is 11.9. The zero-order valence-corrected chi connectivity index (χ0v) is 10.9. The minimum absolute atomic E-state index is 0.155. The molecule has 4 heteroatoms. The van der Waals surface area contributed by atoms with Crippen molar-refractivity contribution < 1.29 is 9.53 Å². The van der Waals surface area contributed by atoms with Gasteiger partial charge in [0.15, 0.2) is 0 Å². The number of alkyl halides is 1. The molecule has 1 heterocycles. The highest BCUT2D eigenvalue weighted by Crippen LogP contribution is 2.41. The Morgan fingerprint density at radius 3 is 1.93 bits per heavy atom. The van der Waals surface area contributed by atoms with Gasteiger partial charge in [0.1, 0.15) is 4.87 Å². The Bertz CT molecular complexity index is 258. The molecular weight excluding hydrogens is 214 g/mol. The van der Waals surface area contributed by atoms with E-state index in [2.05, 4.69) is 5.32 Å². The molecule has 88 valence electrons. The summed E-state index contributed by atoms with van der Waals surface area (Å²) in [6.45, 7) is 8.20. The van der Waals surface area contributed by atoms with Crippen molar-refractivity contribution in [3.05, 3.63) is 0 Å². The largest absolute Gasteiger partial charge is 0.468 e. The molecular formula is C11H20ClNO2.